The molecule has 5 atom stereocenters. The third kappa shape index (κ3) is 3.22. The second kappa shape index (κ2) is 6.57. The summed E-state index contributed by atoms with van der Waals surface area (Å²) < 4.78 is 40.3. The van der Waals surface area contributed by atoms with Crippen LogP contribution in [0.4, 0.5) is 0 Å². The van der Waals surface area contributed by atoms with Crippen LogP contribution in [-0.4, -0.2) is 45.1 Å². The molecule has 5 unspecified atom stereocenters. The number of fused-ring (bicyclic) bond motifs is 1. The van der Waals surface area contributed by atoms with E-state index in [2.05, 4.69) is 0 Å². The first-order valence-electron chi connectivity index (χ1n) is 8.97. The van der Waals surface area contributed by atoms with Gasteiger partial charge in [0.05, 0.1) is 23.4 Å². The van der Waals surface area contributed by atoms with Crippen LogP contribution in [-0.2, 0) is 28.6 Å². The smallest absolute Gasteiger partial charge is 0.311 e. The lowest BCUT2D eigenvalue weighted by molar-refractivity contribution is -0.154. The molecule has 6 nitrogen and oxygen atoms in total. The minimum absolute atomic E-state index is 0.0925. The second-order valence-electron chi connectivity index (χ2n) is 7.90. The topological polar surface area (TPSA) is 78.9 Å². The van der Waals surface area contributed by atoms with Gasteiger partial charge in [-0.3, -0.25) is 8.98 Å². The summed E-state index contributed by atoms with van der Waals surface area (Å²) in [5.41, 5.74) is -0.429. The maximum absolute atomic E-state index is 11.9. The number of carbonyl (C=O) groups excluding carboxylic acids is 1. The molecule has 0 amide bonds. The van der Waals surface area contributed by atoms with Crippen LogP contribution < -0.4 is 0 Å². The van der Waals surface area contributed by atoms with Gasteiger partial charge >= 0.3 is 5.97 Å². The molecule has 7 heteroatoms. The zero-order valence-electron chi connectivity index (χ0n) is 14.7. The standard InChI is InChI=1S/C17H28O6S/c1-4-17(2,3)16(18)22-8-6-5-7-21-14-11-9-12-13(10-11)24(19,20)23-15(12)14/h11-15H,4-10H2,1-3H3. The zero-order chi connectivity index (χ0) is 17.5. The lowest BCUT2D eigenvalue weighted by atomic mass is 9.91. The summed E-state index contributed by atoms with van der Waals surface area (Å²) in [4.78, 5) is 11.8. The van der Waals surface area contributed by atoms with Crippen molar-refractivity contribution in [3.63, 3.8) is 0 Å². The average molecular weight is 360 g/mol. The van der Waals surface area contributed by atoms with E-state index in [-0.39, 0.29) is 29.3 Å². The number of carbonyl (C=O) groups is 1. The number of esters is 1. The summed E-state index contributed by atoms with van der Waals surface area (Å²) in [6.45, 7) is 6.69. The molecule has 1 heterocycles. The molecule has 0 aromatic heterocycles. The van der Waals surface area contributed by atoms with Gasteiger partial charge in [-0.1, -0.05) is 6.92 Å². The van der Waals surface area contributed by atoms with E-state index < -0.39 is 15.5 Å². The van der Waals surface area contributed by atoms with E-state index in [0.717, 1.165) is 25.7 Å². The first-order valence-corrected chi connectivity index (χ1v) is 10.4. The number of unbranched alkanes of at least 4 members (excludes halogenated alkanes) is 1. The largest absolute Gasteiger partial charge is 0.465 e. The highest BCUT2D eigenvalue weighted by molar-refractivity contribution is 7.87. The average Bonchev–Trinajstić information content (AvgIpc) is 3.13. The lowest BCUT2D eigenvalue weighted by Crippen LogP contribution is -2.35. The molecule has 0 aromatic rings. The Morgan fingerprint density at radius 3 is 2.62 bits per heavy atom. The van der Waals surface area contributed by atoms with E-state index in [1.807, 2.05) is 20.8 Å². The van der Waals surface area contributed by atoms with E-state index in [1.165, 1.54) is 0 Å². The molecule has 2 bridgehead atoms. The first kappa shape index (κ1) is 18.1. The highest BCUT2D eigenvalue weighted by Crippen LogP contribution is 2.55. The monoisotopic (exact) mass is 360 g/mol. The van der Waals surface area contributed by atoms with Gasteiger partial charge in [-0.05, 0) is 51.9 Å². The van der Waals surface area contributed by atoms with Gasteiger partial charge in [0.2, 0.25) is 0 Å². The Morgan fingerprint density at radius 1 is 1.21 bits per heavy atom. The van der Waals surface area contributed by atoms with Crippen molar-refractivity contribution in [3.8, 4) is 0 Å². The quantitative estimate of drug-likeness (QED) is 0.375. The maximum atomic E-state index is 11.9. The fraction of sp³-hybridized carbons (Fsp3) is 0.941. The molecule has 3 aliphatic rings. The van der Waals surface area contributed by atoms with Crippen molar-refractivity contribution in [2.75, 3.05) is 13.2 Å². The highest BCUT2D eigenvalue weighted by atomic mass is 32.2. The predicted molar refractivity (Wildman–Crippen MR) is 87.8 cm³/mol. The van der Waals surface area contributed by atoms with Gasteiger partial charge in [-0.2, -0.15) is 8.42 Å². The number of hydrogen-bond donors (Lipinski definition) is 0. The van der Waals surface area contributed by atoms with Crippen LogP contribution >= 0.6 is 0 Å². The minimum atomic E-state index is -3.37. The SMILES string of the molecule is CCC(C)(C)C(=O)OCCCCOC1C2CC3C1OS(=O)(=O)C3C2. The number of hydrogen-bond acceptors (Lipinski definition) is 6. The molecule has 0 aromatic carbocycles. The molecular formula is C17H28O6S. The Bertz CT molecular complexity index is 584. The Labute approximate surface area is 144 Å². The van der Waals surface area contributed by atoms with Crippen molar-refractivity contribution in [1.29, 1.82) is 0 Å². The second-order valence-corrected chi connectivity index (χ2v) is 9.69. The third-order valence-corrected chi connectivity index (χ3v) is 7.71. The van der Waals surface area contributed by atoms with Gasteiger partial charge in [0.25, 0.3) is 10.1 Å². The molecule has 2 saturated carbocycles. The van der Waals surface area contributed by atoms with Crippen LogP contribution in [0.1, 0.15) is 52.9 Å². The lowest BCUT2D eigenvalue weighted by Gasteiger charge is -2.25. The van der Waals surface area contributed by atoms with Crippen molar-refractivity contribution >= 4 is 16.1 Å². The Kier molecular flexibility index (Phi) is 4.97. The summed E-state index contributed by atoms with van der Waals surface area (Å²) >= 11 is 0. The maximum Gasteiger partial charge on any atom is 0.311 e. The van der Waals surface area contributed by atoms with Gasteiger partial charge < -0.3 is 9.47 Å². The van der Waals surface area contributed by atoms with E-state index in [0.29, 0.717) is 25.6 Å². The molecule has 24 heavy (non-hydrogen) atoms. The van der Waals surface area contributed by atoms with Crippen LogP contribution in [0.2, 0.25) is 0 Å². The molecular weight excluding hydrogens is 332 g/mol. The van der Waals surface area contributed by atoms with Crippen molar-refractivity contribution in [2.45, 2.75) is 70.3 Å². The molecule has 3 fully saturated rings. The Morgan fingerprint density at radius 2 is 1.92 bits per heavy atom. The fourth-order valence-electron chi connectivity index (χ4n) is 4.04. The summed E-state index contributed by atoms with van der Waals surface area (Å²) in [5.74, 6) is 0.280. The summed E-state index contributed by atoms with van der Waals surface area (Å²) in [7, 11) is -3.37. The van der Waals surface area contributed by atoms with E-state index >= 15 is 0 Å². The molecule has 1 saturated heterocycles. The molecule has 2 aliphatic carbocycles. The molecule has 0 spiro atoms. The predicted octanol–water partition coefficient (Wildman–Crippen LogP) is 2.27. The minimum Gasteiger partial charge on any atom is -0.465 e. The molecule has 1 aliphatic heterocycles. The number of ether oxygens (including phenoxy) is 2. The molecule has 138 valence electrons. The van der Waals surface area contributed by atoms with Crippen LogP contribution in [0.3, 0.4) is 0 Å². The van der Waals surface area contributed by atoms with Gasteiger partial charge in [0.15, 0.2) is 0 Å². The van der Waals surface area contributed by atoms with Crippen LogP contribution in [0.5, 0.6) is 0 Å². The van der Waals surface area contributed by atoms with E-state index in [4.69, 9.17) is 13.7 Å². The Hall–Kier alpha value is -0.660. The summed E-state index contributed by atoms with van der Waals surface area (Å²) in [6, 6.07) is 0. The van der Waals surface area contributed by atoms with E-state index in [1.54, 1.807) is 0 Å². The first-order chi connectivity index (χ1) is 11.3. The number of rotatable bonds is 8. The van der Waals surface area contributed by atoms with Crippen LogP contribution in [0.15, 0.2) is 0 Å². The van der Waals surface area contributed by atoms with Crippen molar-refractivity contribution in [1.82, 2.24) is 0 Å². The van der Waals surface area contributed by atoms with Gasteiger partial charge in [-0.15, -0.1) is 0 Å². The van der Waals surface area contributed by atoms with Crippen molar-refractivity contribution in [2.24, 2.45) is 17.3 Å². The van der Waals surface area contributed by atoms with Gasteiger partial charge in [0.1, 0.15) is 6.10 Å². The van der Waals surface area contributed by atoms with Crippen LogP contribution in [0, 0.1) is 17.3 Å². The van der Waals surface area contributed by atoms with Gasteiger partial charge in [-0.25, -0.2) is 0 Å². The normalized spacial score (nSPS) is 36.2. The third-order valence-electron chi connectivity index (χ3n) is 5.93. The molecule has 3 rings (SSSR count). The molecule has 0 N–H and O–H groups in total. The Balaban J connectivity index is 1.35. The molecule has 0 radical (unpaired) electrons. The van der Waals surface area contributed by atoms with E-state index in [9.17, 15) is 13.2 Å². The zero-order valence-corrected chi connectivity index (χ0v) is 15.5. The van der Waals surface area contributed by atoms with Crippen molar-refractivity contribution in [3.05, 3.63) is 0 Å². The summed E-state index contributed by atoms with van der Waals surface area (Å²) in [5, 5.41) is -0.298. The fourth-order valence-corrected chi connectivity index (χ4v) is 5.92. The van der Waals surface area contributed by atoms with Gasteiger partial charge in [0, 0.05) is 12.5 Å². The summed E-state index contributed by atoms with van der Waals surface area (Å²) in [6.07, 6.45) is 3.51. The highest BCUT2D eigenvalue weighted by Gasteiger charge is 2.64. The van der Waals surface area contributed by atoms with Crippen LogP contribution in [0.25, 0.3) is 0 Å². The van der Waals surface area contributed by atoms with Crippen molar-refractivity contribution < 1.29 is 26.9 Å².